The van der Waals surface area contributed by atoms with E-state index in [9.17, 15) is 0 Å². The summed E-state index contributed by atoms with van der Waals surface area (Å²) in [5, 5.41) is 3.58. The van der Waals surface area contributed by atoms with Gasteiger partial charge in [-0.2, -0.15) is 11.8 Å². The van der Waals surface area contributed by atoms with Gasteiger partial charge in [-0.25, -0.2) is 0 Å². The van der Waals surface area contributed by atoms with E-state index in [0.29, 0.717) is 12.1 Å². The van der Waals surface area contributed by atoms with Crippen molar-refractivity contribution in [3.05, 3.63) is 0 Å². The molecule has 0 radical (unpaired) electrons. The van der Waals surface area contributed by atoms with Gasteiger partial charge >= 0.3 is 0 Å². The molecule has 0 amide bonds. The molecule has 0 aliphatic carbocycles. The van der Waals surface area contributed by atoms with Crippen LogP contribution in [0.5, 0.6) is 0 Å². The molecule has 1 fully saturated rings. The lowest BCUT2D eigenvalue weighted by Gasteiger charge is -2.32. The molecule has 1 N–H and O–H groups in total. The Morgan fingerprint density at radius 1 is 1.47 bits per heavy atom. The van der Waals surface area contributed by atoms with E-state index in [1.807, 2.05) is 11.8 Å². The second-order valence-electron chi connectivity index (χ2n) is 4.40. The Morgan fingerprint density at radius 3 is 2.80 bits per heavy atom. The highest BCUT2D eigenvalue weighted by atomic mass is 32.2. The number of hydrogen-bond acceptors (Lipinski definition) is 3. The summed E-state index contributed by atoms with van der Waals surface area (Å²) in [7, 11) is 0. The van der Waals surface area contributed by atoms with Crippen molar-refractivity contribution in [3.8, 4) is 0 Å². The Hall–Kier alpha value is 0.270. The average Bonchev–Trinajstić information content (AvgIpc) is 2.29. The first-order chi connectivity index (χ1) is 7.27. The van der Waals surface area contributed by atoms with Crippen LogP contribution in [0.3, 0.4) is 0 Å². The summed E-state index contributed by atoms with van der Waals surface area (Å²) < 4.78 is 5.85. The molecule has 1 rings (SSSR count). The van der Waals surface area contributed by atoms with Crippen LogP contribution in [0.2, 0.25) is 0 Å². The lowest BCUT2D eigenvalue weighted by atomic mass is 9.96. The van der Waals surface area contributed by atoms with Crippen LogP contribution < -0.4 is 5.32 Å². The Morgan fingerprint density at radius 2 is 2.27 bits per heavy atom. The molecule has 3 atom stereocenters. The maximum Gasteiger partial charge on any atom is 0.0818 e. The average molecular weight is 231 g/mol. The molecule has 1 aliphatic rings. The fraction of sp³-hybridized carbons (Fsp3) is 1.00. The van der Waals surface area contributed by atoms with Crippen molar-refractivity contribution in [2.24, 2.45) is 5.92 Å². The molecule has 0 aromatic rings. The molecule has 90 valence electrons. The molecule has 0 spiro atoms. The van der Waals surface area contributed by atoms with Crippen molar-refractivity contribution >= 4 is 11.8 Å². The number of nitrogens with one attached hydrogen (secondary N) is 1. The number of ether oxygens (including phenoxy) is 1. The van der Waals surface area contributed by atoms with Gasteiger partial charge in [-0.1, -0.05) is 27.2 Å². The van der Waals surface area contributed by atoms with Crippen LogP contribution in [-0.4, -0.2) is 36.8 Å². The van der Waals surface area contributed by atoms with Crippen LogP contribution in [-0.2, 0) is 4.74 Å². The van der Waals surface area contributed by atoms with E-state index in [1.54, 1.807) is 0 Å². The maximum absolute atomic E-state index is 5.85. The second kappa shape index (κ2) is 7.53. The van der Waals surface area contributed by atoms with Gasteiger partial charge in [0.2, 0.25) is 0 Å². The molecule has 0 bridgehead atoms. The standard InChI is InChI=1S/C12H25NOS/c1-4-10(3)8-11(13-5-2)12-9-15-7-6-14-12/h10-13H,4-9H2,1-3H3. The minimum atomic E-state index is 0.428. The van der Waals surface area contributed by atoms with E-state index in [1.165, 1.54) is 18.6 Å². The SMILES string of the molecule is CCNC(CC(C)CC)C1CSCCO1. The third-order valence-electron chi connectivity index (χ3n) is 3.11. The minimum Gasteiger partial charge on any atom is -0.375 e. The number of likely N-dealkylation sites (N-methyl/N-ethyl adjacent to an activating group) is 1. The zero-order valence-corrected chi connectivity index (χ0v) is 11.1. The van der Waals surface area contributed by atoms with Crippen molar-refractivity contribution in [3.63, 3.8) is 0 Å². The molecule has 0 saturated carbocycles. The Bertz CT molecular complexity index is 160. The largest absolute Gasteiger partial charge is 0.375 e. The van der Waals surface area contributed by atoms with Crippen LogP contribution in [0.4, 0.5) is 0 Å². The molecule has 3 heteroatoms. The van der Waals surface area contributed by atoms with Gasteiger partial charge in [0.25, 0.3) is 0 Å². The summed E-state index contributed by atoms with van der Waals surface area (Å²) in [6, 6.07) is 0.553. The Kier molecular flexibility index (Phi) is 6.69. The highest BCUT2D eigenvalue weighted by Gasteiger charge is 2.25. The van der Waals surface area contributed by atoms with Gasteiger partial charge in [0.15, 0.2) is 0 Å². The second-order valence-corrected chi connectivity index (χ2v) is 5.55. The topological polar surface area (TPSA) is 21.3 Å². The van der Waals surface area contributed by atoms with Crippen molar-refractivity contribution in [1.82, 2.24) is 5.32 Å². The highest BCUT2D eigenvalue weighted by molar-refractivity contribution is 7.99. The fourth-order valence-corrected chi connectivity index (χ4v) is 2.91. The van der Waals surface area contributed by atoms with Gasteiger partial charge < -0.3 is 10.1 Å². The molecule has 1 saturated heterocycles. The van der Waals surface area contributed by atoms with Crippen LogP contribution in [0.15, 0.2) is 0 Å². The summed E-state index contributed by atoms with van der Waals surface area (Å²) in [6.07, 6.45) is 2.94. The lowest BCUT2D eigenvalue weighted by Crippen LogP contribution is -2.45. The highest BCUT2D eigenvalue weighted by Crippen LogP contribution is 2.20. The summed E-state index contributed by atoms with van der Waals surface area (Å²) in [5.74, 6) is 3.12. The van der Waals surface area contributed by atoms with Crippen LogP contribution in [0, 0.1) is 5.92 Å². The third kappa shape index (κ3) is 4.75. The van der Waals surface area contributed by atoms with Gasteiger partial charge in [-0.05, 0) is 18.9 Å². The first kappa shape index (κ1) is 13.3. The van der Waals surface area contributed by atoms with Crippen molar-refractivity contribution in [2.75, 3.05) is 24.7 Å². The summed E-state index contributed by atoms with van der Waals surface area (Å²) in [5.41, 5.74) is 0. The first-order valence-electron chi connectivity index (χ1n) is 6.20. The zero-order chi connectivity index (χ0) is 11.1. The van der Waals surface area contributed by atoms with Crippen LogP contribution in [0.25, 0.3) is 0 Å². The summed E-state index contributed by atoms with van der Waals surface area (Å²) in [4.78, 5) is 0. The number of thioether (sulfide) groups is 1. The Balaban J connectivity index is 2.39. The van der Waals surface area contributed by atoms with Gasteiger partial charge in [-0.15, -0.1) is 0 Å². The van der Waals surface area contributed by atoms with Crippen molar-refractivity contribution in [1.29, 1.82) is 0 Å². The predicted octanol–water partition coefficient (Wildman–Crippen LogP) is 2.53. The van der Waals surface area contributed by atoms with Gasteiger partial charge in [0.05, 0.1) is 12.7 Å². The van der Waals surface area contributed by atoms with Crippen molar-refractivity contribution < 1.29 is 4.74 Å². The first-order valence-corrected chi connectivity index (χ1v) is 7.36. The zero-order valence-electron chi connectivity index (χ0n) is 10.3. The third-order valence-corrected chi connectivity index (χ3v) is 4.13. The maximum atomic E-state index is 5.85. The van der Waals surface area contributed by atoms with Crippen molar-refractivity contribution in [2.45, 2.75) is 45.8 Å². The van der Waals surface area contributed by atoms with Crippen LogP contribution in [0.1, 0.15) is 33.6 Å². The van der Waals surface area contributed by atoms with E-state index in [4.69, 9.17) is 4.74 Å². The lowest BCUT2D eigenvalue weighted by molar-refractivity contribution is 0.0411. The van der Waals surface area contributed by atoms with Crippen LogP contribution >= 0.6 is 11.8 Å². The molecule has 1 aliphatic heterocycles. The molecular formula is C12H25NOS. The number of hydrogen-bond donors (Lipinski definition) is 1. The van der Waals surface area contributed by atoms with E-state index in [0.717, 1.165) is 24.8 Å². The Labute approximate surface area is 98.5 Å². The van der Waals surface area contributed by atoms with E-state index in [2.05, 4.69) is 26.1 Å². The van der Waals surface area contributed by atoms with Gasteiger partial charge in [-0.3, -0.25) is 0 Å². The minimum absolute atomic E-state index is 0.428. The smallest absolute Gasteiger partial charge is 0.0818 e. The molecule has 0 aromatic carbocycles. The molecule has 2 nitrogen and oxygen atoms in total. The van der Waals surface area contributed by atoms with E-state index in [-0.39, 0.29) is 0 Å². The fourth-order valence-electron chi connectivity index (χ4n) is 1.97. The quantitative estimate of drug-likeness (QED) is 0.759. The van der Waals surface area contributed by atoms with E-state index >= 15 is 0 Å². The van der Waals surface area contributed by atoms with Gasteiger partial charge in [0.1, 0.15) is 0 Å². The summed E-state index contributed by atoms with van der Waals surface area (Å²) >= 11 is 2.03. The van der Waals surface area contributed by atoms with E-state index < -0.39 is 0 Å². The predicted molar refractivity (Wildman–Crippen MR) is 68.6 cm³/mol. The monoisotopic (exact) mass is 231 g/mol. The molecule has 3 unspecified atom stereocenters. The van der Waals surface area contributed by atoms with Gasteiger partial charge in [0, 0.05) is 17.5 Å². The summed E-state index contributed by atoms with van der Waals surface area (Å²) in [6.45, 7) is 8.76. The molecular weight excluding hydrogens is 206 g/mol. The molecule has 0 aromatic heterocycles. The molecule has 1 heterocycles. The number of rotatable bonds is 6. The normalized spacial score (nSPS) is 26.2. The molecule has 15 heavy (non-hydrogen) atoms.